The molecule has 1 saturated heterocycles. The number of carbonyl (C=O) groups is 1. The highest BCUT2D eigenvalue weighted by Crippen LogP contribution is 2.26. The van der Waals surface area contributed by atoms with Crippen LogP contribution in [0.4, 0.5) is 0 Å². The van der Waals surface area contributed by atoms with Gasteiger partial charge in [-0.3, -0.25) is 4.79 Å². The SMILES string of the molecule is Cc1nc(C2CCCN(C(=O)c3cc(C(C)C)no3)C2)no1. The van der Waals surface area contributed by atoms with Gasteiger partial charge in [0, 0.05) is 32.0 Å². The van der Waals surface area contributed by atoms with Crippen LogP contribution in [0.1, 0.15) is 66.5 Å². The highest BCUT2D eigenvalue weighted by atomic mass is 16.5. The largest absolute Gasteiger partial charge is 0.351 e. The van der Waals surface area contributed by atoms with Crippen molar-refractivity contribution in [1.29, 1.82) is 0 Å². The van der Waals surface area contributed by atoms with E-state index in [1.165, 1.54) is 0 Å². The van der Waals surface area contributed by atoms with Crippen LogP contribution in [0, 0.1) is 6.92 Å². The molecule has 0 bridgehead atoms. The standard InChI is InChI=1S/C15H20N4O3/c1-9(2)12-7-13(22-17-12)15(20)19-6-4-5-11(8-19)14-16-10(3)21-18-14/h7,9,11H,4-6,8H2,1-3H3. The molecule has 0 spiro atoms. The average Bonchev–Trinajstić information content (AvgIpc) is 3.15. The van der Waals surface area contributed by atoms with E-state index < -0.39 is 0 Å². The summed E-state index contributed by atoms with van der Waals surface area (Å²) in [6.45, 7) is 7.09. The van der Waals surface area contributed by atoms with E-state index in [1.807, 2.05) is 13.8 Å². The number of carbonyl (C=O) groups excluding carboxylic acids is 1. The van der Waals surface area contributed by atoms with Crippen LogP contribution >= 0.6 is 0 Å². The fourth-order valence-electron chi connectivity index (χ4n) is 2.67. The Labute approximate surface area is 128 Å². The zero-order valence-corrected chi connectivity index (χ0v) is 13.1. The third-order valence-electron chi connectivity index (χ3n) is 3.95. The van der Waals surface area contributed by atoms with Crippen molar-refractivity contribution in [1.82, 2.24) is 20.2 Å². The number of likely N-dealkylation sites (tertiary alicyclic amines) is 1. The number of hydrogen-bond donors (Lipinski definition) is 0. The summed E-state index contributed by atoms with van der Waals surface area (Å²) in [6.07, 6.45) is 1.87. The maximum Gasteiger partial charge on any atom is 0.292 e. The molecular formula is C15H20N4O3. The van der Waals surface area contributed by atoms with E-state index in [-0.39, 0.29) is 17.7 Å². The molecule has 1 fully saturated rings. The summed E-state index contributed by atoms with van der Waals surface area (Å²) < 4.78 is 10.2. The Morgan fingerprint density at radius 2 is 2.18 bits per heavy atom. The zero-order chi connectivity index (χ0) is 15.7. The van der Waals surface area contributed by atoms with Gasteiger partial charge in [-0.15, -0.1) is 0 Å². The van der Waals surface area contributed by atoms with Gasteiger partial charge < -0.3 is 13.9 Å². The van der Waals surface area contributed by atoms with Crippen LogP contribution in [0.15, 0.2) is 15.1 Å². The summed E-state index contributed by atoms with van der Waals surface area (Å²) >= 11 is 0. The molecule has 2 aromatic heterocycles. The molecule has 0 aromatic carbocycles. The van der Waals surface area contributed by atoms with Gasteiger partial charge in [0.05, 0.1) is 5.69 Å². The molecular weight excluding hydrogens is 284 g/mol. The molecule has 1 unspecified atom stereocenters. The monoisotopic (exact) mass is 304 g/mol. The lowest BCUT2D eigenvalue weighted by atomic mass is 9.97. The predicted octanol–water partition coefficient (Wildman–Crippen LogP) is 2.51. The van der Waals surface area contributed by atoms with E-state index in [4.69, 9.17) is 9.05 Å². The molecule has 1 atom stereocenters. The van der Waals surface area contributed by atoms with E-state index in [0.29, 0.717) is 30.6 Å². The summed E-state index contributed by atoms with van der Waals surface area (Å²) in [5, 5.41) is 7.92. The fraction of sp³-hybridized carbons (Fsp3) is 0.600. The van der Waals surface area contributed by atoms with Crippen molar-refractivity contribution < 1.29 is 13.8 Å². The van der Waals surface area contributed by atoms with Crippen LogP contribution in [-0.2, 0) is 0 Å². The van der Waals surface area contributed by atoms with E-state index in [1.54, 1.807) is 17.9 Å². The third kappa shape index (κ3) is 2.88. The molecule has 1 aliphatic heterocycles. The van der Waals surface area contributed by atoms with E-state index in [2.05, 4.69) is 15.3 Å². The summed E-state index contributed by atoms with van der Waals surface area (Å²) in [4.78, 5) is 18.6. The Bertz CT molecular complexity index is 661. The highest BCUT2D eigenvalue weighted by molar-refractivity contribution is 5.91. The molecule has 7 nitrogen and oxygen atoms in total. The van der Waals surface area contributed by atoms with Crippen LogP contribution in [0.3, 0.4) is 0 Å². The number of aryl methyl sites for hydroxylation is 1. The Hall–Kier alpha value is -2.18. The van der Waals surface area contributed by atoms with Crippen LogP contribution in [0.5, 0.6) is 0 Å². The van der Waals surface area contributed by atoms with Crippen LogP contribution in [0.2, 0.25) is 0 Å². The Morgan fingerprint density at radius 1 is 1.36 bits per heavy atom. The summed E-state index contributed by atoms with van der Waals surface area (Å²) in [6, 6.07) is 1.73. The van der Waals surface area contributed by atoms with E-state index >= 15 is 0 Å². The zero-order valence-electron chi connectivity index (χ0n) is 13.1. The molecule has 3 heterocycles. The minimum absolute atomic E-state index is 0.114. The van der Waals surface area contributed by atoms with Gasteiger partial charge in [0.2, 0.25) is 11.7 Å². The van der Waals surface area contributed by atoms with Crippen molar-refractivity contribution in [2.75, 3.05) is 13.1 Å². The normalized spacial score (nSPS) is 18.9. The lowest BCUT2D eigenvalue weighted by Gasteiger charge is -2.30. The summed E-state index contributed by atoms with van der Waals surface area (Å²) in [7, 11) is 0. The summed E-state index contributed by atoms with van der Waals surface area (Å²) in [5.41, 5.74) is 0.797. The van der Waals surface area contributed by atoms with Crippen molar-refractivity contribution in [2.24, 2.45) is 0 Å². The Morgan fingerprint density at radius 3 is 2.82 bits per heavy atom. The number of hydrogen-bond acceptors (Lipinski definition) is 6. The highest BCUT2D eigenvalue weighted by Gasteiger charge is 2.30. The Balaban J connectivity index is 1.72. The second-order valence-electron chi connectivity index (χ2n) is 6.03. The van der Waals surface area contributed by atoms with Crippen molar-refractivity contribution in [3.8, 4) is 0 Å². The van der Waals surface area contributed by atoms with E-state index in [0.717, 1.165) is 18.5 Å². The molecule has 1 aliphatic rings. The van der Waals surface area contributed by atoms with Gasteiger partial charge in [0.15, 0.2) is 5.82 Å². The Kier molecular flexibility index (Phi) is 3.96. The smallest absolute Gasteiger partial charge is 0.292 e. The third-order valence-corrected chi connectivity index (χ3v) is 3.95. The van der Waals surface area contributed by atoms with Crippen molar-refractivity contribution in [2.45, 2.75) is 45.4 Å². The van der Waals surface area contributed by atoms with Crippen LogP contribution in [-0.4, -0.2) is 39.2 Å². The lowest BCUT2D eigenvalue weighted by Crippen LogP contribution is -2.39. The minimum Gasteiger partial charge on any atom is -0.351 e. The van der Waals surface area contributed by atoms with Gasteiger partial charge >= 0.3 is 0 Å². The first-order chi connectivity index (χ1) is 10.5. The molecule has 0 saturated carbocycles. The number of piperidine rings is 1. The van der Waals surface area contributed by atoms with E-state index in [9.17, 15) is 4.79 Å². The molecule has 3 rings (SSSR count). The lowest BCUT2D eigenvalue weighted by molar-refractivity contribution is 0.0661. The second-order valence-corrected chi connectivity index (χ2v) is 6.03. The maximum atomic E-state index is 12.5. The maximum absolute atomic E-state index is 12.5. The first-order valence-electron chi connectivity index (χ1n) is 7.60. The van der Waals surface area contributed by atoms with Gasteiger partial charge in [-0.25, -0.2) is 0 Å². The number of aromatic nitrogens is 3. The number of amides is 1. The van der Waals surface area contributed by atoms with Gasteiger partial charge in [0.25, 0.3) is 5.91 Å². The minimum atomic E-state index is -0.121. The van der Waals surface area contributed by atoms with Crippen molar-refractivity contribution in [3.63, 3.8) is 0 Å². The topological polar surface area (TPSA) is 85.3 Å². The molecule has 0 aliphatic carbocycles. The van der Waals surface area contributed by atoms with Crippen LogP contribution < -0.4 is 0 Å². The van der Waals surface area contributed by atoms with Crippen molar-refractivity contribution in [3.05, 3.63) is 29.2 Å². The molecule has 7 heteroatoms. The molecule has 0 N–H and O–H groups in total. The van der Waals surface area contributed by atoms with Crippen molar-refractivity contribution >= 4 is 5.91 Å². The number of nitrogens with zero attached hydrogens (tertiary/aromatic N) is 4. The van der Waals surface area contributed by atoms with Gasteiger partial charge in [-0.05, 0) is 18.8 Å². The van der Waals surface area contributed by atoms with Gasteiger partial charge in [-0.1, -0.05) is 24.2 Å². The molecule has 1 amide bonds. The molecule has 118 valence electrons. The molecule has 22 heavy (non-hydrogen) atoms. The molecule has 2 aromatic rings. The first-order valence-corrected chi connectivity index (χ1v) is 7.60. The summed E-state index contributed by atoms with van der Waals surface area (Å²) in [5.74, 6) is 1.76. The second kappa shape index (κ2) is 5.90. The predicted molar refractivity (Wildman–Crippen MR) is 77.5 cm³/mol. The van der Waals surface area contributed by atoms with Crippen LogP contribution in [0.25, 0.3) is 0 Å². The number of rotatable bonds is 3. The average molecular weight is 304 g/mol. The van der Waals surface area contributed by atoms with Gasteiger partial charge in [-0.2, -0.15) is 4.98 Å². The quantitative estimate of drug-likeness (QED) is 0.866. The first kappa shape index (κ1) is 14.7. The van der Waals surface area contributed by atoms with Gasteiger partial charge in [0.1, 0.15) is 0 Å². The molecule has 0 radical (unpaired) electrons. The fourth-order valence-corrected chi connectivity index (χ4v) is 2.67.